The van der Waals surface area contributed by atoms with Crippen molar-refractivity contribution in [3.05, 3.63) is 35.1 Å². The molecule has 0 aliphatic carbocycles. The number of carbonyl (C=O) groups is 3. The maximum absolute atomic E-state index is 13.7. The van der Waals surface area contributed by atoms with Crippen molar-refractivity contribution in [3.63, 3.8) is 0 Å². The molecule has 0 radical (unpaired) electrons. The van der Waals surface area contributed by atoms with Crippen LogP contribution in [0.5, 0.6) is 0 Å². The van der Waals surface area contributed by atoms with Gasteiger partial charge in [-0.3, -0.25) is 14.4 Å². The smallest absolute Gasteiger partial charge is 0.310 e. The molecule has 0 saturated carbocycles. The fraction of sp³-hybridized carbons (Fsp3) is 0.609. The van der Waals surface area contributed by atoms with Crippen molar-refractivity contribution in [3.8, 4) is 0 Å². The number of benzene rings is 1. The lowest BCUT2D eigenvalue weighted by atomic mass is 9.87. The van der Waals surface area contributed by atoms with E-state index in [-0.39, 0.29) is 41.5 Å². The largest absolute Gasteiger partial charge is 0.466 e. The van der Waals surface area contributed by atoms with Gasteiger partial charge in [-0.05, 0) is 56.7 Å². The van der Waals surface area contributed by atoms with Crippen LogP contribution in [0.3, 0.4) is 0 Å². The van der Waals surface area contributed by atoms with E-state index in [0.29, 0.717) is 44.6 Å². The number of likely N-dealkylation sites (tertiary alicyclic amines) is 2. The molecule has 0 bridgehead atoms. The molecule has 2 aliphatic rings. The molecule has 2 aliphatic heterocycles. The molecule has 3 unspecified atom stereocenters. The number of piperidine rings is 2. The van der Waals surface area contributed by atoms with E-state index in [1.807, 2.05) is 0 Å². The highest BCUT2D eigenvalue weighted by Gasteiger charge is 2.38. The van der Waals surface area contributed by atoms with Gasteiger partial charge in [0.2, 0.25) is 11.8 Å². The van der Waals surface area contributed by atoms with Crippen LogP contribution in [0, 0.1) is 24.6 Å². The molecule has 1 aromatic carbocycles. The van der Waals surface area contributed by atoms with Gasteiger partial charge in [0.1, 0.15) is 5.82 Å². The summed E-state index contributed by atoms with van der Waals surface area (Å²) >= 11 is 0. The van der Waals surface area contributed by atoms with Crippen LogP contribution in [-0.4, -0.2) is 53.8 Å². The fourth-order valence-corrected chi connectivity index (χ4v) is 4.63. The Morgan fingerprint density at radius 3 is 2.57 bits per heavy atom. The van der Waals surface area contributed by atoms with Gasteiger partial charge in [0.05, 0.1) is 24.5 Å². The van der Waals surface area contributed by atoms with Crippen molar-refractivity contribution in [2.45, 2.75) is 52.5 Å². The molecule has 1 aromatic rings. The molecule has 3 rings (SSSR count). The summed E-state index contributed by atoms with van der Waals surface area (Å²) in [5.74, 6) is -1.15. The van der Waals surface area contributed by atoms with E-state index in [9.17, 15) is 18.8 Å². The molecule has 7 heteroatoms. The van der Waals surface area contributed by atoms with Crippen LogP contribution >= 0.6 is 0 Å². The van der Waals surface area contributed by atoms with Gasteiger partial charge in [-0.1, -0.05) is 12.1 Å². The number of amides is 2. The normalized spacial score (nSPS) is 24.5. The van der Waals surface area contributed by atoms with E-state index < -0.39 is 0 Å². The van der Waals surface area contributed by atoms with E-state index in [2.05, 4.69) is 0 Å². The Morgan fingerprint density at radius 2 is 1.90 bits per heavy atom. The highest BCUT2D eigenvalue weighted by Crippen LogP contribution is 2.35. The average molecular weight is 419 g/mol. The van der Waals surface area contributed by atoms with Gasteiger partial charge in [-0.25, -0.2) is 4.39 Å². The molecule has 0 aromatic heterocycles. The number of halogens is 1. The molecule has 30 heavy (non-hydrogen) atoms. The third kappa shape index (κ3) is 4.82. The number of aryl methyl sites for hydroxylation is 1. The van der Waals surface area contributed by atoms with Gasteiger partial charge in [0, 0.05) is 26.6 Å². The summed E-state index contributed by atoms with van der Waals surface area (Å²) in [6, 6.07) is 4.79. The van der Waals surface area contributed by atoms with E-state index >= 15 is 0 Å². The van der Waals surface area contributed by atoms with Gasteiger partial charge >= 0.3 is 5.97 Å². The van der Waals surface area contributed by atoms with E-state index in [0.717, 1.165) is 18.4 Å². The molecule has 0 N–H and O–H groups in total. The van der Waals surface area contributed by atoms with Gasteiger partial charge in [0.15, 0.2) is 0 Å². The maximum Gasteiger partial charge on any atom is 0.310 e. The predicted octanol–water partition coefficient (Wildman–Crippen LogP) is 3.24. The fourth-order valence-electron chi connectivity index (χ4n) is 4.63. The van der Waals surface area contributed by atoms with Gasteiger partial charge in [0.25, 0.3) is 0 Å². The SMILES string of the molecule is CCOC(=O)C1CCCN(C(=O)C2CCC(c3ccc(F)c(C)c3)N(C(C)=O)C2)C1. The minimum Gasteiger partial charge on any atom is -0.466 e. The quantitative estimate of drug-likeness (QED) is 0.704. The standard InChI is InChI=1S/C23H31FN2O4/c1-4-30-23(29)19-6-5-11-25(13-19)22(28)18-8-10-21(26(14-18)16(3)27)17-7-9-20(24)15(2)12-17/h7,9,12,18-19,21H,4-6,8,10-11,13-14H2,1-3H3. The van der Waals surface area contributed by atoms with Crippen LogP contribution in [0.1, 0.15) is 56.7 Å². The summed E-state index contributed by atoms with van der Waals surface area (Å²) in [5.41, 5.74) is 1.45. The summed E-state index contributed by atoms with van der Waals surface area (Å²) in [5, 5.41) is 0. The minimum atomic E-state index is -0.285. The van der Waals surface area contributed by atoms with Gasteiger partial charge in [-0.2, -0.15) is 0 Å². The lowest BCUT2D eigenvalue weighted by Crippen LogP contribution is -2.50. The van der Waals surface area contributed by atoms with E-state index in [1.54, 1.807) is 35.8 Å². The second kappa shape index (κ2) is 9.58. The zero-order valence-electron chi connectivity index (χ0n) is 18.0. The molecular formula is C23H31FN2O4. The topological polar surface area (TPSA) is 66.9 Å². The van der Waals surface area contributed by atoms with Crippen molar-refractivity contribution >= 4 is 17.8 Å². The zero-order valence-corrected chi connectivity index (χ0v) is 18.0. The molecule has 2 saturated heterocycles. The van der Waals surface area contributed by atoms with Crippen molar-refractivity contribution in [2.75, 3.05) is 26.2 Å². The Hall–Kier alpha value is -2.44. The Labute approximate surface area is 177 Å². The van der Waals surface area contributed by atoms with Crippen molar-refractivity contribution < 1.29 is 23.5 Å². The lowest BCUT2D eigenvalue weighted by Gasteiger charge is -2.41. The highest BCUT2D eigenvalue weighted by molar-refractivity contribution is 5.82. The number of ether oxygens (including phenoxy) is 1. The third-order valence-electron chi connectivity index (χ3n) is 6.26. The van der Waals surface area contributed by atoms with Crippen molar-refractivity contribution in [2.24, 2.45) is 11.8 Å². The number of hydrogen-bond donors (Lipinski definition) is 0. The number of nitrogens with zero attached hydrogens (tertiary/aromatic N) is 2. The molecular weight excluding hydrogens is 387 g/mol. The van der Waals surface area contributed by atoms with Crippen LogP contribution in [0.2, 0.25) is 0 Å². The molecule has 2 heterocycles. The second-order valence-electron chi connectivity index (χ2n) is 8.35. The molecule has 3 atom stereocenters. The Balaban J connectivity index is 1.69. The first-order valence-electron chi connectivity index (χ1n) is 10.8. The second-order valence-corrected chi connectivity index (χ2v) is 8.35. The van der Waals surface area contributed by atoms with Crippen LogP contribution in [-0.2, 0) is 19.1 Å². The lowest BCUT2D eigenvalue weighted by molar-refractivity contribution is -0.152. The van der Waals surface area contributed by atoms with E-state index in [4.69, 9.17) is 4.74 Å². The Kier molecular flexibility index (Phi) is 7.10. The van der Waals surface area contributed by atoms with Crippen molar-refractivity contribution in [1.82, 2.24) is 9.80 Å². The molecule has 0 spiro atoms. The number of carbonyl (C=O) groups excluding carboxylic acids is 3. The number of hydrogen-bond acceptors (Lipinski definition) is 4. The first kappa shape index (κ1) is 22.2. The van der Waals surface area contributed by atoms with Crippen LogP contribution in [0.4, 0.5) is 4.39 Å². The first-order valence-corrected chi connectivity index (χ1v) is 10.8. The summed E-state index contributed by atoms with van der Waals surface area (Å²) in [6.07, 6.45) is 2.81. The van der Waals surface area contributed by atoms with Crippen LogP contribution in [0.25, 0.3) is 0 Å². The number of esters is 1. The third-order valence-corrected chi connectivity index (χ3v) is 6.26. The summed E-state index contributed by atoms with van der Waals surface area (Å²) < 4.78 is 18.8. The molecule has 2 amide bonds. The van der Waals surface area contributed by atoms with Crippen LogP contribution in [0.15, 0.2) is 18.2 Å². The monoisotopic (exact) mass is 418 g/mol. The van der Waals surface area contributed by atoms with Gasteiger partial charge in [-0.15, -0.1) is 0 Å². The molecule has 164 valence electrons. The Bertz CT molecular complexity index is 812. The van der Waals surface area contributed by atoms with E-state index in [1.165, 1.54) is 13.0 Å². The van der Waals surface area contributed by atoms with Crippen LogP contribution < -0.4 is 0 Å². The first-order chi connectivity index (χ1) is 14.3. The molecule has 6 nitrogen and oxygen atoms in total. The van der Waals surface area contributed by atoms with Gasteiger partial charge < -0.3 is 14.5 Å². The predicted molar refractivity (Wildman–Crippen MR) is 110 cm³/mol. The summed E-state index contributed by atoms with van der Waals surface area (Å²) in [6.45, 7) is 6.69. The summed E-state index contributed by atoms with van der Waals surface area (Å²) in [7, 11) is 0. The summed E-state index contributed by atoms with van der Waals surface area (Å²) in [4.78, 5) is 41.1. The average Bonchev–Trinajstić information content (AvgIpc) is 2.75. The minimum absolute atomic E-state index is 0.00369. The maximum atomic E-state index is 13.7. The van der Waals surface area contributed by atoms with Crippen molar-refractivity contribution in [1.29, 1.82) is 0 Å². The zero-order chi connectivity index (χ0) is 21.8. The number of rotatable bonds is 4. The Morgan fingerprint density at radius 1 is 1.13 bits per heavy atom. The highest BCUT2D eigenvalue weighted by atomic mass is 19.1. The molecule has 2 fully saturated rings.